The number of benzene rings is 1. The van der Waals surface area contributed by atoms with Crippen LogP contribution in [0.5, 0.6) is 5.75 Å². The molecule has 0 spiro atoms. The number of para-hydroxylation sites is 1. The number of hydrogen-bond donors (Lipinski definition) is 1. The van der Waals surface area contributed by atoms with Crippen LogP contribution in [-0.2, 0) is 13.0 Å². The van der Waals surface area contributed by atoms with Crippen LogP contribution < -0.4 is 10.1 Å². The average molecular weight is 435 g/mol. The fourth-order valence-electron chi connectivity index (χ4n) is 2.52. The molecule has 0 atom stereocenters. The van der Waals surface area contributed by atoms with E-state index in [1.54, 1.807) is 23.5 Å². The van der Waals surface area contributed by atoms with E-state index in [1.807, 2.05) is 32.0 Å². The zero-order valence-corrected chi connectivity index (χ0v) is 16.9. The zero-order valence-electron chi connectivity index (χ0n) is 14.5. The number of ether oxygens (including phenoxy) is 1. The molecule has 1 N–H and O–H groups in total. The number of hydrogen-bond acceptors (Lipinski definition) is 5. The van der Waals surface area contributed by atoms with Crippen molar-refractivity contribution in [2.75, 3.05) is 6.54 Å². The predicted octanol–water partition coefficient (Wildman–Crippen LogP) is 4.67. The topological polar surface area (TPSA) is 64.4 Å². The first kappa shape index (κ1) is 18.7. The number of halogens is 1. The molecule has 0 aliphatic heterocycles. The van der Waals surface area contributed by atoms with Crippen molar-refractivity contribution in [2.24, 2.45) is 0 Å². The smallest absolute Gasteiger partial charge is 0.255 e. The third-order valence-electron chi connectivity index (χ3n) is 3.97. The van der Waals surface area contributed by atoms with Crippen molar-refractivity contribution in [3.05, 3.63) is 67.6 Å². The van der Waals surface area contributed by atoms with Crippen molar-refractivity contribution >= 4 is 33.2 Å². The van der Waals surface area contributed by atoms with E-state index in [-0.39, 0.29) is 5.91 Å². The molecule has 0 fully saturated rings. The highest BCUT2D eigenvalue weighted by atomic mass is 79.9. The van der Waals surface area contributed by atoms with Crippen LogP contribution in [-0.4, -0.2) is 17.6 Å². The first-order chi connectivity index (χ1) is 12.5. The maximum atomic E-state index is 12.5. The maximum Gasteiger partial charge on any atom is 0.255 e. The Balaban J connectivity index is 1.61. The van der Waals surface area contributed by atoms with E-state index in [0.717, 1.165) is 27.2 Å². The molecule has 0 unspecified atom stereocenters. The first-order valence-electron chi connectivity index (χ1n) is 8.20. The van der Waals surface area contributed by atoms with Crippen LogP contribution in [0.4, 0.5) is 0 Å². The molecular formula is C19H19BrN2O3S. The van der Waals surface area contributed by atoms with Gasteiger partial charge in [-0.3, -0.25) is 4.79 Å². The molecule has 5 nitrogen and oxygen atoms in total. The Labute approximate surface area is 164 Å². The molecule has 2 aromatic heterocycles. The molecule has 2 heterocycles. The van der Waals surface area contributed by atoms with Crippen molar-refractivity contribution in [1.29, 1.82) is 0 Å². The fourth-order valence-corrected chi connectivity index (χ4v) is 4.00. The number of nitrogens with zero attached hydrogens (tertiary/aromatic N) is 1. The van der Waals surface area contributed by atoms with Crippen molar-refractivity contribution in [3.63, 3.8) is 0 Å². The summed E-state index contributed by atoms with van der Waals surface area (Å²) in [5.41, 5.74) is 2.22. The van der Waals surface area contributed by atoms with E-state index in [0.29, 0.717) is 24.5 Å². The van der Waals surface area contributed by atoms with Crippen molar-refractivity contribution in [2.45, 2.75) is 26.9 Å². The van der Waals surface area contributed by atoms with Gasteiger partial charge in [0.05, 0.1) is 20.6 Å². The Morgan fingerprint density at radius 1 is 1.27 bits per heavy atom. The average Bonchev–Trinajstić information content (AvgIpc) is 3.19. The van der Waals surface area contributed by atoms with Gasteiger partial charge in [-0.05, 0) is 60.5 Å². The van der Waals surface area contributed by atoms with E-state index in [9.17, 15) is 4.79 Å². The lowest BCUT2D eigenvalue weighted by atomic mass is 10.1. The summed E-state index contributed by atoms with van der Waals surface area (Å²) in [5.74, 6) is 1.13. The van der Waals surface area contributed by atoms with Crippen molar-refractivity contribution in [1.82, 2.24) is 10.5 Å². The summed E-state index contributed by atoms with van der Waals surface area (Å²) in [5, 5.41) is 6.87. The van der Waals surface area contributed by atoms with Crippen molar-refractivity contribution in [3.8, 4) is 5.75 Å². The largest absolute Gasteiger partial charge is 0.488 e. The number of amides is 1. The van der Waals surface area contributed by atoms with Gasteiger partial charge in [-0.25, -0.2) is 0 Å². The van der Waals surface area contributed by atoms with Gasteiger partial charge in [0, 0.05) is 11.4 Å². The Bertz CT molecular complexity index is 884. The number of nitrogens with one attached hydrogen (secondary N) is 1. The highest BCUT2D eigenvalue weighted by Gasteiger charge is 2.14. The number of carbonyl (C=O) groups excluding carboxylic acids is 1. The maximum absolute atomic E-state index is 12.5. The molecule has 7 heteroatoms. The normalized spacial score (nSPS) is 10.7. The van der Waals surface area contributed by atoms with Crippen LogP contribution in [0.2, 0.25) is 0 Å². The number of aromatic nitrogens is 1. The molecule has 0 bridgehead atoms. The van der Waals surface area contributed by atoms with E-state index in [4.69, 9.17) is 9.26 Å². The minimum Gasteiger partial charge on any atom is -0.488 e. The lowest BCUT2D eigenvalue weighted by Crippen LogP contribution is -2.26. The van der Waals surface area contributed by atoms with Crippen LogP contribution in [0.15, 0.2) is 44.7 Å². The van der Waals surface area contributed by atoms with Crippen LogP contribution in [0, 0.1) is 13.8 Å². The minimum atomic E-state index is -0.144. The number of rotatable bonds is 7. The van der Waals surface area contributed by atoms with Gasteiger partial charge in [0.15, 0.2) is 0 Å². The van der Waals surface area contributed by atoms with Crippen molar-refractivity contribution < 1.29 is 14.1 Å². The van der Waals surface area contributed by atoms with E-state index in [1.165, 1.54) is 4.88 Å². The highest BCUT2D eigenvalue weighted by Crippen LogP contribution is 2.23. The quantitative estimate of drug-likeness (QED) is 0.586. The second-order valence-corrected chi connectivity index (χ2v) is 8.35. The second kappa shape index (κ2) is 8.51. The van der Waals surface area contributed by atoms with Crippen LogP contribution in [0.3, 0.4) is 0 Å². The molecule has 26 heavy (non-hydrogen) atoms. The summed E-state index contributed by atoms with van der Waals surface area (Å²) >= 11 is 5.12. The molecule has 136 valence electrons. The molecular weight excluding hydrogens is 416 g/mol. The third kappa shape index (κ3) is 4.53. The summed E-state index contributed by atoms with van der Waals surface area (Å²) in [6.45, 7) is 4.61. The first-order valence-corrected chi connectivity index (χ1v) is 9.81. The molecule has 1 amide bonds. The molecule has 0 saturated carbocycles. The van der Waals surface area contributed by atoms with E-state index < -0.39 is 0 Å². The fraction of sp³-hybridized carbons (Fsp3) is 0.263. The third-order valence-corrected chi connectivity index (χ3v) is 5.65. The van der Waals surface area contributed by atoms with Gasteiger partial charge in [-0.2, -0.15) is 0 Å². The van der Waals surface area contributed by atoms with Gasteiger partial charge < -0.3 is 14.6 Å². The van der Waals surface area contributed by atoms with Gasteiger partial charge in [0.25, 0.3) is 5.91 Å². The van der Waals surface area contributed by atoms with Crippen LogP contribution in [0.25, 0.3) is 0 Å². The molecule has 3 rings (SSSR count). The van der Waals surface area contributed by atoms with E-state index >= 15 is 0 Å². The molecule has 0 aliphatic rings. The van der Waals surface area contributed by atoms with Gasteiger partial charge >= 0.3 is 0 Å². The van der Waals surface area contributed by atoms with Crippen LogP contribution in [0.1, 0.15) is 32.3 Å². The number of thiophene rings is 1. The Morgan fingerprint density at radius 2 is 2.08 bits per heavy atom. The predicted molar refractivity (Wildman–Crippen MR) is 105 cm³/mol. The van der Waals surface area contributed by atoms with Gasteiger partial charge in [-0.15, -0.1) is 11.3 Å². The van der Waals surface area contributed by atoms with Gasteiger partial charge in [0.2, 0.25) is 0 Å². The minimum absolute atomic E-state index is 0.144. The second-order valence-electron chi connectivity index (χ2n) is 5.80. The molecule has 0 radical (unpaired) electrons. The summed E-state index contributed by atoms with van der Waals surface area (Å²) in [6, 6.07) is 11.3. The zero-order chi connectivity index (χ0) is 18.5. The monoisotopic (exact) mass is 434 g/mol. The van der Waals surface area contributed by atoms with Gasteiger partial charge in [0.1, 0.15) is 18.1 Å². The standard InChI is InChI=1S/C19H19BrN2O3S/c1-12-16(13(2)25-22-12)11-24-17-6-4-3-5-15(17)19(23)21-10-9-14-7-8-18(20)26-14/h3-8H,9-11H2,1-2H3,(H,21,23). The lowest BCUT2D eigenvalue weighted by molar-refractivity contribution is 0.0949. The molecule has 0 saturated heterocycles. The van der Waals surface area contributed by atoms with Crippen LogP contribution >= 0.6 is 27.3 Å². The highest BCUT2D eigenvalue weighted by molar-refractivity contribution is 9.11. The Hall–Kier alpha value is -2.12. The lowest BCUT2D eigenvalue weighted by Gasteiger charge is -2.11. The van der Waals surface area contributed by atoms with E-state index in [2.05, 4.69) is 32.5 Å². The Kier molecular flexibility index (Phi) is 6.11. The summed E-state index contributed by atoms with van der Waals surface area (Å²) in [4.78, 5) is 13.8. The molecule has 1 aromatic carbocycles. The van der Waals surface area contributed by atoms with Gasteiger partial charge in [-0.1, -0.05) is 17.3 Å². The Morgan fingerprint density at radius 3 is 2.77 bits per heavy atom. The number of aryl methyl sites for hydroxylation is 2. The molecule has 0 aliphatic carbocycles. The molecule has 3 aromatic rings. The number of carbonyl (C=O) groups is 1. The summed E-state index contributed by atoms with van der Waals surface area (Å²) < 4.78 is 12.1. The SMILES string of the molecule is Cc1noc(C)c1COc1ccccc1C(=O)NCCc1ccc(Br)s1. The summed E-state index contributed by atoms with van der Waals surface area (Å²) in [7, 11) is 0. The summed E-state index contributed by atoms with van der Waals surface area (Å²) in [6.07, 6.45) is 0.796.